The van der Waals surface area contributed by atoms with Gasteiger partial charge in [-0.2, -0.15) is 5.10 Å². The number of rotatable bonds is 7. The largest absolute Gasteiger partial charge is 0.368 e. The Morgan fingerprint density at radius 2 is 2.22 bits per heavy atom. The molecule has 2 heterocycles. The first-order valence-corrected chi connectivity index (χ1v) is 8.88. The molecule has 0 N–H and O–H groups in total. The van der Waals surface area contributed by atoms with Crippen LogP contribution in [-0.4, -0.2) is 40.9 Å². The highest BCUT2D eigenvalue weighted by atomic mass is 16.5. The van der Waals surface area contributed by atoms with Crippen molar-refractivity contribution in [3.63, 3.8) is 0 Å². The predicted molar refractivity (Wildman–Crippen MR) is 95.4 cm³/mol. The normalized spacial score (nSPS) is 23.7. The lowest BCUT2D eigenvalue weighted by molar-refractivity contribution is -0.104. The molecule has 4 nitrogen and oxygen atoms in total. The summed E-state index contributed by atoms with van der Waals surface area (Å²) >= 11 is 0. The predicted octanol–water partition coefficient (Wildman–Crippen LogP) is 3.74. The van der Waals surface area contributed by atoms with Gasteiger partial charge in [-0.3, -0.25) is 9.58 Å². The molecule has 130 valence electrons. The van der Waals surface area contributed by atoms with Crippen molar-refractivity contribution in [2.45, 2.75) is 52.6 Å². The Morgan fingerprint density at radius 1 is 1.43 bits per heavy atom. The topological polar surface area (TPSA) is 30.3 Å². The fourth-order valence-electron chi connectivity index (χ4n) is 3.22. The molecule has 0 amide bonds. The van der Waals surface area contributed by atoms with Gasteiger partial charge in [0, 0.05) is 31.9 Å². The molecular formula is C19H33N3O. The zero-order chi connectivity index (χ0) is 16.9. The zero-order valence-corrected chi connectivity index (χ0v) is 15.5. The van der Waals surface area contributed by atoms with Crippen molar-refractivity contribution in [2.24, 2.45) is 13.0 Å². The average molecular weight is 319 g/mol. The number of aromatic nitrogens is 2. The van der Waals surface area contributed by atoms with E-state index in [0.717, 1.165) is 32.2 Å². The molecule has 0 saturated carbocycles. The van der Waals surface area contributed by atoms with Crippen molar-refractivity contribution in [3.05, 3.63) is 29.6 Å². The Hall–Kier alpha value is -1.13. The minimum Gasteiger partial charge on any atom is -0.368 e. The minimum atomic E-state index is -0.224. The molecule has 1 aliphatic heterocycles. The Morgan fingerprint density at radius 3 is 2.87 bits per heavy atom. The second kappa shape index (κ2) is 8.11. The van der Waals surface area contributed by atoms with E-state index in [1.807, 2.05) is 17.9 Å². The van der Waals surface area contributed by atoms with Crippen molar-refractivity contribution in [1.29, 1.82) is 0 Å². The third-order valence-electron chi connectivity index (χ3n) is 4.82. The summed E-state index contributed by atoms with van der Waals surface area (Å²) in [5.41, 5.74) is 2.39. The molecule has 1 aromatic rings. The highest BCUT2D eigenvalue weighted by molar-refractivity contribution is 5.16. The van der Waals surface area contributed by atoms with Crippen molar-refractivity contribution in [1.82, 2.24) is 14.7 Å². The lowest BCUT2D eigenvalue weighted by Crippen LogP contribution is -2.48. The summed E-state index contributed by atoms with van der Waals surface area (Å²) in [7, 11) is 1.96. The monoisotopic (exact) mass is 319 g/mol. The summed E-state index contributed by atoms with van der Waals surface area (Å²) in [6.07, 6.45) is 10.1. The van der Waals surface area contributed by atoms with Crippen molar-refractivity contribution < 1.29 is 4.74 Å². The van der Waals surface area contributed by atoms with E-state index in [1.165, 1.54) is 30.4 Å². The fraction of sp³-hybridized carbons (Fsp3) is 0.737. The first-order chi connectivity index (χ1) is 10.9. The Labute approximate surface area is 141 Å². The van der Waals surface area contributed by atoms with Gasteiger partial charge in [-0.05, 0) is 52.5 Å². The van der Waals surface area contributed by atoms with Crippen molar-refractivity contribution >= 4 is 0 Å². The van der Waals surface area contributed by atoms with Crippen molar-refractivity contribution in [3.8, 4) is 0 Å². The van der Waals surface area contributed by atoms with Crippen LogP contribution in [0.1, 0.15) is 52.5 Å². The van der Waals surface area contributed by atoms with Gasteiger partial charge in [-0.1, -0.05) is 18.6 Å². The summed E-state index contributed by atoms with van der Waals surface area (Å²) in [4.78, 5) is 2.55. The van der Waals surface area contributed by atoms with E-state index >= 15 is 0 Å². The zero-order valence-electron chi connectivity index (χ0n) is 15.5. The van der Waals surface area contributed by atoms with Gasteiger partial charge >= 0.3 is 0 Å². The highest BCUT2D eigenvalue weighted by Crippen LogP contribution is 2.29. The minimum absolute atomic E-state index is 0.224. The van der Waals surface area contributed by atoms with Crippen molar-refractivity contribution in [2.75, 3.05) is 26.2 Å². The van der Waals surface area contributed by atoms with Crippen LogP contribution in [-0.2, 0) is 17.4 Å². The fourth-order valence-corrected chi connectivity index (χ4v) is 3.22. The van der Waals surface area contributed by atoms with Crippen LogP contribution >= 0.6 is 0 Å². The molecule has 1 fully saturated rings. The maximum atomic E-state index is 6.09. The van der Waals surface area contributed by atoms with Crippen LogP contribution in [0.25, 0.3) is 0 Å². The van der Waals surface area contributed by atoms with E-state index in [-0.39, 0.29) is 5.60 Å². The maximum absolute atomic E-state index is 6.09. The van der Waals surface area contributed by atoms with Gasteiger partial charge in [0.1, 0.15) is 5.60 Å². The smallest absolute Gasteiger partial charge is 0.106 e. The third-order valence-corrected chi connectivity index (χ3v) is 4.82. The molecule has 23 heavy (non-hydrogen) atoms. The van der Waals surface area contributed by atoms with Gasteiger partial charge in [0.25, 0.3) is 0 Å². The molecule has 0 unspecified atom stereocenters. The van der Waals surface area contributed by atoms with E-state index in [0.29, 0.717) is 0 Å². The van der Waals surface area contributed by atoms with Gasteiger partial charge in [0.2, 0.25) is 0 Å². The number of morpholine rings is 1. The molecule has 1 aliphatic rings. The molecule has 0 bridgehead atoms. The van der Waals surface area contributed by atoms with Crippen LogP contribution in [0.2, 0.25) is 0 Å². The van der Waals surface area contributed by atoms with Gasteiger partial charge in [-0.15, -0.1) is 0 Å². The lowest BCUT2D eigenvalue weighted by Gasteiger charge is -2.40. The van der Waals surface area contributed by atoms with E-state index < -0.39 is 0 Å². The first kappa shape index (κ1) is 18.2. The second-order valence-corrected chi connectivity index (χ2v) is 7.51. The quantitative estimate of drug-likeness (QED) is 0.717. The third kappa shape index (κ3) is 5.47. The second-order valence-electron chi connectivity index (χ2n) is 7.51. The Balaban J connectivity index is 1.81. The van der Waals surface area contributed by atoms with Gasteiger partial charge < -0.3 is 4.74 Å². The molecule has 0 aromatic carbocycles. The summed E-state index contributed by atoms with van der Waals surface area (Å²) < 4.78 is 7.95. The number of nitrogens with zero attached hydrogens (tertiary/aromatic N) is 3. The van der Waals surface area contributed by atoms with Gasteiger partial charge in [-0.25, -0.2) is 0 Å². The molecule has 0 radical (unpaired) electrons. The van der Waals surface area contributed by atoms with Crippen LogP contribution in [0.15, 0.2) is 24.0 Å². The van der Waals surface area contributed by atoms with Gasteiger partial charge in [0.15, 0.2) is 0 Å². The SMILES string of the molecule is CC(C)=CCC[C@H](C)CCN1CCO[C@](C)(c2cnn(C)c2)C1. The van der Waals surface area contributed by atoms with E-state index in [1.54, 1.807) is 0 Å². The molecule has 0 aliphatic carbocycles. The van der Waals surface area contributed by atoms with E-state index in [9.17, 15) is 0 Å². The van der Waals surface area contributed by atoms with Crippen LogP contribution in [0.4, 0.5) is 0 Å². The summed E-state index contributed by atoms with van der Waals surface area (Å²) in [6.45, 7) is 12.9. The molecule has 2 rings (SSSR count). The molecule has 1 saturated heterocycles. The van der Waals surface area contributed by atoms with Crippen LogP contribution in [0, 0.1) is 5.92 Å². The van der Waals surface area contributed by atoms with E-state index in [2.05, 4.69) is 50.0 Å². The van der Waals surface area contributed by atoms with Crippen LogP contribution in [0.5, 0.6) is 0 Å². The van der Waals surface area contributed by atoms with Gasteiger partial charge in [0.05, 0.1) is 12.8 Å². The summed E-state index contributed by atoms with van der Waals surface area (Å²) in [5.74, 6) is 0.776. The first-order valence-electron chi connectivity index (χ1n) is 8.88. The number of ether oxygens (including phenoxy) is 1. The Bertz CT molecular complexity index is 518. The molecule has 1 aromatic heterocycles. The highest BCUT2D eigenvalue weighted by Gasteiger charge is 2.34. The summed E-state index contributed by atoms with van der Waals surface area (Å²) in [5, 5.41) is 4.30. The number of allylic oxidation sites excluding steroid dienone is 2. The van der Waals surface area contributed by atoms with Crippen LogP contribution < -0.4 is 0 Å². The standard InChI is InChI=1S/C19H33N3O/c1-16(2)7-6-8-17(3)9-10-22-11-12-23-19(4,15-22)18-13-20-21(5)14-18/h7,13-14,17H,6,8-12,15H2,1-5H3/t17-,19-/m0/s1. The summed E-state index contributed by atoms with van der Waals surface area (Å²) in [6, 6.07) is 0. The van der Waals surface area contributed by atoms with E-state index in [4.69, 9.17) is 4.74 Å². The van der Waals surface area contributed by atoms with Crippen LogP contribution in [0.3, 0.4) is 0 Å². The lowest BCUT2D eigenvalue weighted by atomic mass is 9.96. The number of hydrogen-bond acceptors (Lipinski definition) is 3. The molecule has 4 heteroatoms. The molecule has 2 atom stereocenters. The Kier molecular flexibility index (Phi) is 6.42. The maximum Gasteiger partial charge on any atom is 0.106 e. The molecule has 0 spiro atoms. The number of hydrogen-bond donors (Lipinski definition) is 0. The molecular weight excluding hydrogens is 286 g/mol. The average Bonchev–Trinajstić information content (AvgIpc) is 2.92. The number of aryl methyl sites for hydroxylation is 1.